The summed E-state index contributed by atoms with van der Waals surface area (Å²) in [5.74, 6) is -0.204. The van der Waals surface area contributed by atoms with Gasteiger partial charge in [-0.05, 0) is 116 Å². The van der Waals surface area contributed by atoms with E-state index in [0.29, 0.717) is 6.42 Å². The third-order valence-electron chi connectivity index (χ3n) is 14.3. The van der Waals surface area contributed by atoms with Crippen LogP contribution in [0.15, 0.2) is 158 Å². The number of allylic oxidation sites excluding steroid dienone is 25. The lowest BCUT2D eigenvalue weighted by Crippen LogP contribution is -2.60. The summed E-state index contributed by atoms with van der Waals surface area (Å²) in [6, 6.07) is -0.840. The van der Waals surface area contributed by atoms with Gasteiger partial charge in [0.25, 0.3) is 0 Å². The molecule has 0 spiro atoms. The number of hydrogen-bond donors (Lipinski definition) is 6. The molecular formula is C73H119NO8. The zero-order valence-corrected chi connectivity index (χ0v) is 51.7. The van der Waals surface area contributed by atoms with E-state index in [1.54, 1.807) is 6.08 Å². The van der Waals surface area contributed by atoms with Crippen LogP contribution in [0.25, 0.3) is 0 Å². The van der Waals surface area contributed by atoms with E-state index in [0.717, 1.165) is 122 Å². The van der Waals surface area contributed by atoms with Gasteiger partial charge in [-0.3, -0.25) is 4.79 Å². The second kappa shape index (κ2) is 60.0. The number of unbranched alkanes of at least 4 members (excludes halogenated alkanes) is 20. The second-order valence-corrected chi connectivity index (χ2v) is 21.8. The molecule has 7 atom stereocenters. The van der Waals surface area contributed by atoms with Crippen molar-refractivity contribution >= 4 is 5.91 Å². The van der Waals surface area contributed by atoms with Crippen LogP contribution in [0, 0.1) is 0 Å². The van der Waals surface area contributed by atoms with Gasteiger partial charge in [0.15, 0.2) is 6.29 Å². The van der Waals surface area contributed by atoms with Gasteiger partial charge in [-0.1, -0.05) is 275 Å². The van der Waals surface area contributed by atoms with Gasteiger partial charge in [0.1, 0.15) is 24.4 Å². The average molecular weight is 1140 g/mol. The Labute approximate surface area is 501 Å². The van der Waals surface area contributed by atoms with E-state index in [1.807, 2.05) is 6.08 Å². The van der Waals surface area contributed by atoms with Crippen molar-refractivity contribution in [3.63, 3.8) is 0 Å². The third kappa shape index (κ3) is 48.2. The molecular weight excluding hydrogens is 1020 g/mol. The minimum atomic E-state index is -1.58. The molecule has 0 aromatic rings. The third-order valence-corrected chi connectivity index (χ3v) is 14.3. The summed E-state index contributed by atoms with van der Waals surface area (Å²) >= 11 is 0. The number of aliphatic hydroxyl groups excluding tert-OH is 5. The highest BCUT2D eigenvalue weighted by atomic mass is 16.7. The van der Waals surface area contributed by atoms with Crippen molar-refractivity contribution in [1.82, 2.24) is 5.32 Å². The van der Waals surface area contributed by atoms with Crippen molar-refractivity contribution in [1.29, 1.82) is 0 Å². The Hall–Kier alpha value is -4.19. The van der Waals surface area contributed by atoms with Crippen LogP contribution in [0.1, 0.15) is 239 Å². The molecule has 1 fully saturated rings. The first kappa shape index (κ1) is 75.8. The fraction of sp³-hybridized carbons (Fsp3) is 0.630. The normalized spacial score (nSPS) is 19.4. The van der Waals surface area contributed by atoms with Crippen molar-refractivity contribution in [3.05, 3.63) is 158 Å². The molecule has 1 aliphatic rings. The molecule has 1 saturated heterocycles. The minimum Gasteiger partial charge on any atom is -0.394 e. The molecule has 0 aromatic carbocycles. The first-order valence-corrected chi connectivity index (χ1v) is 32.7. The Morgan fingerprint density at radius 3 is 1.17 bits per heavy atom. The van der Waals surface area contributed by atoms with Crippen LogP contribution in [-0.2, 0) is 14.3 Å². The van der Waals surface area contributed by atoms with E-state index < -0.39 is 49.5 Å². The summed E-state index contributed by atoms with van der Waals surface area (Å²) in [5, 5.41) is 54.6. The molecule has 0 bridgehead atoms. The van der Waals surface area contributed by atoms with Crippen LogP contribution in [-0.4, -0.2) is 87.5 Å². The SMILES string of the molecule is CC/C=C\C/C=C\C/C=C\C/C=C\C/C=C\C/C=C\C/C=C\C/C=C\C/C=C\C/C=C\C/C=C\CCCCCCCCCC(=O)NC(COC1OC(CO)C(O)C(O)C1O)C(O)/C=C/CC/C=C/CCCCCCCCCCCCCC. The molecule has 1 aliphatic heterocycles. The van der Waals surface area contributed by atoms with E-state index in [9.17, 15) is 30.3 Å². The predicted octanol–water partition coefficient (Wildman–Crippen LogP) is 17.6. The first-order chi connectivity index (χ1) is 40.3. The maximum absolute atomic E-state index is 13.1. The fourth-order valence-electron chi connectivity index (χ4n) is 9.24. The van der Waals surface area contributed by atoms with Crippen LogP contribution in [0.5, 0.6) is 0 Å². The standard InChI is InChI=1S/C73H119NO8/c1-3-5-7-9-11-13-15-17-19-21-23-24-25-26-27-28-29-30-31-32-33-34-35-36-37-38-39-40-41-42-43-44-45-47-49-51-53-55-57-59-61-63-69(77)74-66(65-81-73-72(80)71(79)70(78)68(64-75)82-73)67(76)62-60-58-56-54-52-50-48-46-22-20-18-16-14-12-10-8-6-4-2/h5,7,11,13,17,19,23-24,26-27,29-30,32-33,35-36,38-39,41-42,44-45,52,54,60,62,66-68,70-73,75-76,78-80H,3-4,6,8-10,12,14-16,18,20-22,25,28,31,34,37,40,43,46-51,53,55-59,61,63-65H2,1-2H3,(H,74,77)/b7-5-,13-11-,19-17-,24-23-,27-26-,30-29-,33-32-,36-35-,39-38-,42-41-,45-44-,54-52+,62-60+. The van der Waals surface area contributed by atoms with Gasteiger partial charge < -0.3 is 40.3 Å². The van der Waals surface area contributed by atoms with Gasteiger partial charge in [-0.2, -0.15) is 0 Å². The monoisotopic (exact) mass is 1140 g/mol. The largest absolute Gasteiger partial charge is 0.394 e. The van der Waals surface area contributed by atoms with Gasteiger partial charge in [0.2, 0.25) is 5.91 Å². The van der Waals surface area contributed by atoms with Crippen molar-refractivity contribution in [2.24, 2.45) is 0 Å². The van der Waals surface area contributed by atoms with E-state index in [-0.39, 0.29) is 12.5 Å². The second-order valence-electron chi connectivity index (χ2n) is 21.8. The molecule has 0 radical (unpaired) electrons. The molecule has 1 rings (SSSR count). The van der Waals surface area contributed by atoms with Crippen LogP contribution in [0.2, 0.25) is 0 Å². The van der Waals surface area contributed by atoms with E-state index in [1.165, 1.54) is 96.3 Å². The molecule has 82 heavy (non-hydrogen) atoms. The number of hydrogen-bond acceptors (Lipinski definition) is 8. The van der Waals surface area contributed by atoms with Crippen molar-refractivity contribution < 1.29 is 39.8 Å². The summed E-state index contributed by atoms with van der Waals surface area (Å²) in [5.41, 5.74) is 0. The molecule has 7 unspecified atom stereocenters. The Morgan fingerprint density at radius 2 is 0.768 bits per heavy atom. The van der Waals surface area contributed by atoms with E-state index in [4.69, 9.17) is 9.47 Å². The van der Waals surface area contributed by atoms with Crippen LogP contribution in [0.4, 0.5) is 0 Å². The maximum atomic E-state index is 13.1. The molecule has 1 amide bonds. The first-order valence-electron chi connectivity index (χ1n) is 32.7. The van der Waals surface area contributed by atoms with Crippen LogP contribution < -0.4 is 5.32 Å². The Balaban J connectivity index is 2.19. The van der Waals surface area contributed by atoms with Crippen molar-refractivity contribution in [3.8, 4) is 0 Å². The molecule has 9 nitrogen and oxygen atoms in total. The maximum Gasteiger partial charge on any atom is 0.220 e. The number of rotatable bonds is 54. The quantitative estimate of drug-likeness (QED) is 0.0261. The predicted molar refractivity (Wildman–Crippen MR) is 349 cm³/mol. The molecule has 0 saturated carbocycles. The lowest BCUT2D eigenvalue weighted by Gasteiger charge is -2.40. The lowest BCUT2D eigenvalue weighted by atomic mass is 9.99. The number of aliphatic hydroxyl groups is 5. The highest BCUT2D eigenvalue weighted by Crippen LogP contribution is 2.23. The van der Waals surface area contributed by atoms with Crippen LogP contribution in [0.3, 0.4) is 0 Å². The zero-order valence-electron chi connectivity index (χ0n) is 51.7. The smallest absolute Gasteiger partial charge is 0.220 e. The van der Waals surface area contributed by atoms with Gasteiger partial charge in [0, 0.05) is 6.42 Å². The van der Waals surface area contributed by atoms with Gasteiger partial charge >= 0.3 is 0 Å². The summed E-state index contributed by atoms with van der Waals surface area (Å²) in [6.45, 7) is 3.64. The van der Waals surface area contributed by atoms with Crippen molar-refractivity contribution in [2.75, 3.05) is 13.2 Å². The number of ether oxygens (including phenoxy) is 2. The number of nitrogens with one attached hydrogen (secondary N) is 1. The number of amides is 1. The summed E-state index contributed by atoms with van der Waals surface area (Å²) in [6.07, 6.45) is 87.5. The summed E-state index contributed by atoms with van der Waals surface area (Å²) in [7, 11) is 0. The van der Waals surface area contributed by atoms with Gasteiger partial charge in [-0.15, -0.1) is 0 Å². The topological polar surface area (TPSA) is 149 Å². The Kier molecular flexibility index (Phi) is 55.4. The molecule has 0 aliphatic carbocycles. The lowest BCUT2D eigenvalue weighted by molar-refractivity contribution is -0.302. The average Bonchev–Trinajstić information content (AvgIpc) is 3.57. The van der Waals surface area contributed by atoms with E-state index in [2.05, 4.69) is 165 Å². The molecule has 464 valence electrons. The summed E-state index contributed by atoms with van der Waals surface area (Å²) < 4.78 is 11.3. The molecule has 1 heterocycles. The van der Waals surface area contributed by atoms with E-state index >= 15 is 0 Å². The highest BCUT2D eigenvalue weighted by Gasteiger charge is 2.44. The molecule has 6 N–H and O–H groups in total. The molecule has 9 heteroatoms. The summed E-state index contributed by atoms with van der Waals surface area (Å²) in [4.78, 5) is 13.1. The Bertz CT molecular complexity index is 1850. The number of carbonyl (C=O) groups is 1. The zero-order chi connectivity index (χ0) is 59.3. The number of carbonyl (C=O) groups excluding carboxylic acids is 1. The van der Waals surface area contributed by atoms with Crippen molar-refractivity contribution in [2.45, 2.75) is 281 Å². The van der Waals surface area contributed by atoms with Crippen LogP contribution >= 0.6 is 0 Å². The Morgan fingerprint density at radius 1 is 0.427 bits per heavy atom. The van der Waals surface area contributed by atoms with Gasteiger partial charge in [-0.25, -0.2) is 0 Å². The fourth-order valence-corrected chi connectivity index (χ4v) is 9.24. The highest BCUT2D eigenvalue weighted by molar-refractivity contribution is 5.76. The minimum absolute atomic E-state index is 0.204. The molecule has 0 aromatic heterocycles. The van der Waals surface area contributed by atoms with Gasteiger partial charge in [0.05, 0.1) is 25.4 Å².